The first-order chi connectivity index (χ1) is 19.3. The highest BCUT2D eigenvalue weighted by atomic mass is 19.4. The van der Waals surface area contributed by atoms with Gasteiger partial charge in [0.05, 0.1) is 26.4 Å². The number of nitrogens with one attached hydrogen (secondary N) is 1. The highest BCUT2D eigenvalue weighted by molar-refractivity contribution is 5.98. The number of hydrogen-bond acceptors (Lipinski definition) is 10. The van der Waals surface area contributed by atoms with Crippen molar-refractivity contribution in [3.8, 4) is 11.5 Å². The van der Waals surface area contributed by atoms with Crippen LogP contribution in [-0.2, 0) is 28.5 Å². The molecule has 4 unspecified atom stereocenters. The van der Waals surface area contributed by atoms with Gasteiger partial charge in [-0.15, -0.1) is 0 Å². The molecule has 1 aliphatic heterocycles. The maximum atomic E-state index is 13.2. The van der Waals surface area contributed by atoms with Gasteiger partial charge in [0.15, 0.2) is 23.2 Å². The first kappa shape index (κ1) is 34.1. The van der Waals surface area contributed by atoms with Gasteiger partial charge in [-0.05, 0) is 25.7 Å². The Hall–Kier alpha value is -3.13. The molecule has 232 valence electrons. The largest absolute Gasteiger partial charge is 0.493 e. The Bertz CT molecular complexity index is 1010. The molecule has 0 aromatic carbocycles. The average Bonchev–Trinajstić information content (AvgIpc) is 2.93. The molecule has 4 atom stereocenters. The Morgan fingerprint density at radius 1 is 1.24 bits per heavy atom. The summed E-state index contributed by atoms with van der Waals surface area (Å²) in [5.74, 6) is -2.11. The maximum Gasteiger partial charge on any atom is 0.389 e. The molecule has 0 aliphatic carbocycles. The second-order valence-electron chi connectivity index (χ2n) is 10.1. The number of pyridine rings is 1. The van der Waals surface area contributed by atoms with Crippen LogP contribution in [0.4, 0.5) is 13.2 Å². The van der Waals surface area contributed by atoms with Crippen molar-refractivity contribution in [3.05, 3.63) is 18.0 Å². The first-order valence-electron chi connectivity index (χ1n) is 13.4. The number of cyclic esters (lactones) is 1. The quantitative estimate of drug-likeness (QED) is 0.205. The number of amides is 1. The second-order valence-corrected chi connectivity index (χ2v) is 10.1. The van der Waals surface area contributed by atoms with Crippen LogP contribution in [0.25, 0.3) is 0 Å². The van der Waals surface area contributed by atoms with Gasteiger partial charge in [0.2, 0.25) is 6.79 Å². The molecule has 1 N–H and O–H groups in total. The number of methoxy groups -OCH3 is 1. The van der Waals surface area contributed by atoms with Crippen LogP contribution in [0.5, 0.6) is 11.5 Å². The third-order valence-electron chi connectivity index (χ3n) is 6.23. The van der Waals surface area contributed by atoms with E-state index in [1.807, 2.05) is 13.8 Å². The molecule has 1 aliphatic rings. The normalized spacial score (nSPS) is 21.7. The number of carbonyl (C=O) groups is 3. The first-order valence-corrected chi connectivity index (χ1v) is 13.4. The van der Waals surface area contributed by atoms with E-state index >= 15 is 0 Å². The number of hydrogen-bond donors (Lipinski definition) is 1. The van der Waals surface area contributed by atoms with Crippen LogP contribution < -0.4 is 14.8 Å². The van der Waals surface area contributed by atoms with Crippen molar-refractivity contribution in [2.75, 3.05) is 33.7 Å². The Balaban J connectivity index is 2.18. The van der Waals surface area contributed by atoms with Crippen LogP contribution in [0.3, 0.4) is 0 Å². The molecule has 11 nitrogen and oxygen atoms in total. The summed E-state index contributed by atoms with van der Waals surface area (Å²) in [6, 6.07) is 0.194. The molecule has 0 radical (unpaired) electrons. The number of alkyl halides is 3. The zero-order valence-electron chi connectivity index (χ0n) is 24.0. The second kappa shape index (κ2) is 16.3. The maximum absolute atomic E-state index is 13.2. The van der Waals surface area contributed by atoms with E-state index in [2.05, 4.69) is 10.3 Å². The molecule has 1 saturated heterocycles. The average molecular weight is 593 g/mol. The summed E-state index contributed by atoms with van der Waals surface area (Å²) in [5.41, 5.74) is -0.238. The lowest BCUT2D eigenvalue weighted by Crippen LogP contribution is -2.46. The number of nitrogens with zero attached hydrogens (tertiary/aromatic N) is 1. The molecule has 41 heavy (non-hydrogen) atoms. The summed E-state index contributed by atoms with van der Waals surface area (Å²) in [6.45, 7) is 6.11. The highest BCUT2D eigenvalue weighted by Gasteiger charge is 2.36. The predicted molar refractivity (Wildman–Crippen MR) is 138 cm³/mol. The number of halogens is 3. The van der Waals surface area contributed by atoms with E-state index in [0.717, 1.165) is 6.42 Å². The van der Waals surface area contributed by atoms with Gasteiger partial charge in [0.1, 0.15) is 6.10 Å². The molecule has 1 fully saturated rings. The summed E-state index contributed by atoms with van der Waals surface area (Å²) in [6.07, 6.45) is -4.31. The van der Waals surface area contributed by atoms with Crippen LogP contribution in [0.15, 0.2) is 12.3 Å². The Kier molecular flexibility index (Phi) is 13.6. The summed E-state index contributed by atoms with van der Waals surface area (Å²) in [4.78, 5) is 41.4. The van der Waals surface area contributed by atoms with Crippen molar-refractivity contribution < 1.29 is 56.0 Å². The molecular weight excluding hydrogens is 553 g/mol. The topological polar surface area (TPSA) is 132 Å². The number of carbonyl (C=O) groups excluding carboxylic acids is 3. The van der Waals surface area contributed by atoms with Crippen molar-refractivity contribution in [3.63, 3.8) is 0 Å². The van der Waals surface area contributed by atoms with Gasteiger partial charge in [-0.25, -0.2) is 9.78 Å². The van der Waals surface area contributed by atoms with Crippen LogP contribution in [0.2, 0.25) is 0 Å². The smallest absolute Gasteiger partial charge is 0.389 e. The van der Waals surface area contributed by atoms with Crippen LogP contribution >= 0.6 is 0 Å². The molecule has 1 amide bonds. The molecule has 0 spiro atoms. The van der Waals surface area contributed by atoms with Crippen molar-refractivity contribution >= 4 is 17.8 Å². The zero-order valence-corrected chi connectivity index (χ0v) is 24.0. The molecule has 0 saturated carbocycles. The Morgan fingerprint density at radius 3 is 2.61 bits per heavy atom. The third kappa shape index (κ3) is 11.7. The van der Waals surface area contributed by atoms with E-state index in [9.17, 15) is 27.6 Å². The van der Waals surface area contributed by atoms with E-state index in [1.165, 1.54) is 26.3 Å². The number of ether oxygens (including phenoxy) is 6. The van der Waals surface area contributed by atoms with Crippen molar-refractivity contribution in [1.29, 1.82) is 0 Å². The van der Waals surface area contributed by atoms with Crippen LogP contribution in [0, 0.1) is 11.8 Å². The fourth-order valence-corrected chi connectivity index (χ4v) is 4.17. The van der Waals surface area contributed by atoms with Crippen LogP contribution in [0.1, 0.15) is 63.9 Å². The molecule has 2 rings (SSSR count). The molecule has 14 heteroatoms. The van der Waals surface area contributed by atoms with Crippen molar-refractivity contribution in [1.82, 2.24) is 10.3 Å². The van der Waals surface area contributed by atoms with E-state index in [-0.39, 0.29) is 49.4 Å². The fourth-order valence-electron chi connectivity index (χ4n) is 4.17. The molecule has 0 bridgehead atoms. The minimum Gasteiger partial charge on any atom is -0.493 e. The molecule has 2 heterocycles. The van der Waals surface area contributed by atoms with Gasteiger partial charge < -0.3 is 33.7 Å². The summed E-state index contributed by atoms with van der Waals surface area (Å²) >= 11 is 0. The van der Waals surface area contributed by atoms with Gasteiger partial charge in [0.25, 0.3) is 5.91 Å². The van der Waals surface area contributed by atoms with E-state index < -0.39 is 55.5 Å². The minimum atomic E-state index is -4.30. The van der Waals surface area contributed by atoms with Gasteiger partial charge in [-0.1, -0.05) is 20.3 Å². The lowest BCUT2D eigenvalue weighted by molar-refractivity contribution is -0.162. The molecular formula is C27H39F3N2O9. The lowest BCUT2D eigenvalue weighted by Gasteiger charge is -2.31. The predicted octanol–water partition coefficient (Wildman–Crippen LogP) is 3.83. The third-order valence-corrected chi connectivity index (χ3v) is 6.23. The fraction of sp³-hybridized carbons (Fsp3) is 0.704. The minimum absolute atomic E-state index is 0.111. The summed E-state index contributed by atoms with van der Waals surface area (Å²) < 4.78 is 70.5. The van der Waals surface area contributed by atoms with E-state index in [0.29, 0.717) is 12.3 Å². The van der Waals surface area contributed by atoms with Gasteiger partial charge in [-0.2, -0.15) is 13.2 Å². The molecule has 1 aromatic rings. The van der Waals surface area contributed by atoms with Gasteiger partial charge in [-0.3, -0.25) is 9.59 Å². The van der Waals surface area contributed by atoms with Crippen molar-refractivity contribution in [2.45, 2.75) is 77.8 Å². The number of esters is 2. The Labute approximate surface area is 237 Å². The number of rotatable bonds is 13. The number of aromatic nitrogens is 1. The van der Waals surface area contributed by atoms with E-state index in [4.69, 9.17) is 28.4 Å². The standard InChI is InChI=1S/C27H39F3N2O9/c1-16(2)7-8-19-13-37-14-20(26(35)41-17(3)23(19)38-12-6-10-27(28,29)30)32-25(34)22-24(40-15-39-18(4)33)21(36-5)9-11-31-22/h9,11,16-17,19-20,23H,6-8,10,12-15H2,1-5H3,(H,32,34). The zero-order chi connectivity index (χ0) is 30.6. The summed E-state index contributed by atoms with van der Waals surface area (Å²) in [5, 5.41) is 2.53. The van der Waals surface area contributed by atoms with Crippen LogP contribution in [-0.4, -0.2) is 81.0 Å². The monoisotopic (exact) mass is 592 g/mol. The Morgan fingerprint density at radius 2 is 1.98 bits per heavy atom. The van der Waals surface area contributed by atoms with Gasteiger partial charge in [0, 0.05) is 38.1 Å². The van der Waals surface area contributed by atoms with E-state index in [1.54, 1.807) is 6.92 Å². The molecule has 1 aromatic heterocycles. The van der Waals surface area contributed by atoms with Gasteiger partial charge >= 0.3 is 18.1 Å². The lowest BCUT2D eigenvalue weighted by atomic mass is 9.91. The SMILES string of the molecule is COc1ccnc(C(=O)NC2COCC(CCC(C)C)C(OCCCC(F)(F)F)C(C)OC2=O)c1OCOC(C)=O. The van der Waals surface area contributed by atoms with Crippen molar-refractivity contribution in [2.24, 2.45) is 11.8 Å². The summed E-state index contributed by atoms with van der Waals surface area (Å²) in [7, 11) is 1.35. The highest BCUT2D eigenvalue weighted by Crippen LogP contribution is 2.30.